The maximum Gasteiger partial charge on any atom is 0.416 e. The Morgan fingerprint density at radius 2 is 1.56 bits per heavy atom. The lowest BCUT2D eigenvalue weighted by molar-refractivity contribution is -0.138. The zero-order chi connectivity index (χ0) is 25.5. The zero-order valence-electron chi connectivity index (χ0n) is 19.7. The molecule has 36 heavy (non-hydrogen) atoms. The van der Waals surface area contributed by atoms with Crippen molar-refractivity contribution in [3.05, 3.63) is 93.3 Å². The molecule has 0 amide bonds. The number of carboxylic acid groups (broad SMARTS) is 2. The van der Waals surface area contributed by atoms with Gasteiger partial charge < -0.3 is 15.1 Å². The van der Waals surface area contributed by atoms with E-state index in [9.17, 15) is 33.0 Å². The van der Waals surface area contributed by atoms with Crippen LogP contribution in [0.25, 0.3) is 0 Å². The van der Waals surface area contributed by atoms with Gasteiger partial charge >= 0.3 is 18.1 Å². The molecule has 0 aromatic heterocycles. The van der Waals surface area contributed by atoms with E-state index in [1.807, 2.05) is 18.2 Å². The molecule has 1 atom stereocenters. The number of aliphatic carboxylic acids is 2. The molecular weight excluding hydrogens is 497 g/mol. The van der Waals surface area contributed by atoms with E-state index in [1.54, 1.807) is 18.9 Å². The summed E-state index contributed by atoms with van der Waals surface area (Å²) in [4.78, 5) is 28.4. The summed E-state index contributed by atoms with van der Waals surface area (Å²) in [5, 5.41) is 20.2. The number of carboxylic acids is 2. The highest BCUT2D eigenvalue weighted by molar-refractivity contribution is 5.98. The molecule has 0 bridgehead atoms. The van der Waals surface area contributed by atoms with Crippen LogP contribution in [0.15, 0.2) is 71.1 Å². The second kappa shape index (κ2) is 10.4. The molecule has 4 rings (SSSR count). The Morgan fingerprint density at radius 1 is 0.972 bits per heavy atom. The summed E-state index contributed by atoms with van der Waals surface area (Å²) >= 11 is 0. The number of benzene rings is 2. The molecule has 2 aromatic carbocycles. The number of fused-ring (bicyclic) bond motifs is 1. The summed E-state index contributed by atoms with van der Waals surface area (Å²) in [6.45, 7) is 3.15. The van der Waals surface area contributed by atoms with Crippen molar-refractivity contribution >= 4 is 24.3 Å². The van der Waals surface area contributed by atoms with Crippen LogP contribution in [0.5, 0.6) is 0 Å². The van der Waals surface area contributed by atoms with Crippen molar-refractivity contribution in [3.8, 4) is 0 Å². The molecule has 1 unspecified atom stereocenters. The minimum absolute atomic E-state index is 0. The molecule has 0 saturated carbocycles. The van der Waals surface area contributed by atoms with Gasteiger partial charge in [0.1, 0.15) is 0 Å². The van der Waals surface area contributed by atoms with Crippen LogP contribution >= 0.6 is 12.4 Å². The zero-order valence-corrected chi connectivity index (χ0v) is 20.5. The minimum atomic E-state index is -4.56. The minimum Gasteiger partial charge on any atom is -0.478 e. The van der Waals surface area contributed by atoms with Gasteiger partial charge in [-0.2, -0.15) is 13.2 Å². The third-order valence-electron chi connectivity index (χ3n) is 6.80. The summed E-state index contributed by atoms with van der Waals surface area (Å²) in [5.41, 5.74) is 2.13. The van der Waals surface area contributed by atoms with Gasteiger partial charge in [0, 0.05) is 38.1 Å². The topological polar surface area (TPSA) is 81.1 Å². The first-order valence-electron chi connectivity index (χ1n) is 11.1. The third-order valence-corrected chi connectivity index (χ3v) is 6.80. The molecule has 2 N–H and O–H groups in total. The van der Waals surface area contributed by atoms with Crippen molar-refractivity contribution < 1.29 is 33.0 Å². The number of allylic oxidation sites excluding steroid dienone is 1. The first-order valence-corrected chi connectivity index (χ1v) is 11.1. The molecule has 10 heteroatoms. The number of likely N-dealkylation sites (N-methyl/N-ethyl adjacent to an activating group) is 1. The highest BCUT2D eigenvalue weighted by atomic mass is 35.5. The number of rotatable bonds is 5. The van der Waals surface area contributed by atoms with Gasteiger partial charge in [-0.1, -0.05) is 36.4 Å². The molecule has 192 valence electrons. The Morgan fingerprint density at radius 3 is 2.11 bits per heavy atom. The molecule has 2 aromatic rings. The van der Waals surface area contributed by atoms with Crippen LogP contribution in [-0.4, -0.2) is 52.1 Å². The van der Waals surface area contributed by atoms with Gasteiger partial charge in [0.25, 0.3) is 0 Å². The molecule has 0 fully saturated rings. The first kappa shape index (κ1) is 27.3. The van der Waals surface area contributed by atoms with Crippen molar-refractivity contribution in [2.75, 3.05) is 20.1 Å². The largest absolute Gasteiger partial charge is 0.478 e. The molecule has 0 radical (unpaired) electrons. The first-order chi connectivity index (χ1) is 16.5. The van der Waals surface area contributed by atoms with Crippen LogP contribution in [-0.2, 0) is 28.7 Å². The van der Waals surface area contributed by atoms with Crippen molar-refractivity contribution in [3.63, 3.8) is 0 Å². The molecule has 2 aliphatic heterocycles. The van der Waals surface area contributed by atoms with Crippen LogP contribution in [0, 0.1) is 0 Å². The van der Waals surface area contributed by atoms with Crippen LogP contribution in [0.2, 0.25) is 0 Å². The van der Waals surface area contributed by atoms with E-state index in [2.05, 4.69) is 11.0 Å². The van der Waals surface area contributed by atoms with Gasteiger partial charge in [0.15, 0.2) is 0 Å². The Labute approximate surface area is 212 Å². The lowest BCUT2D eigenvalue weighted by Crippen LogP contribution is -2.40. The number of carbonyl (C=O) groups is 2. The third kappa shape index (κ3) is 5.12. The summed E-state index contributed by atoms with van der Waals surface area (Å²) < 4.78 is 39.3. The molecular formula is C26H26ClF3N2O4. The monoisotopic (exact) mass is 522 g/mol. The highest BCUT2D eigenvalue weighted by Crippen LogP contribution is 2.42. The van der Waals surface area contributed by atoms with Crippen LogP contribution in [0.1, 0.15) is 35.1 Å². The Bertz CT molecular complexity index is 1240. The second-order valence-corrected chi connectivity index (χ2v) is 8.81. The highest BCUT2D eigenvalue weighted by Gasteiger charge is 2.40. The molecule has 2 heterocycles. The molecule has 2 aliphatic rings. The van der Waals surface area contributed by atoms with Crippen molar-refractivity contribution in [1.29, 1.82) is 0 Å². The summed E-state index contributed by atoms with van der Waals surface area (Å²) in [5.74, 6) is -3.83. The molecule has 0 aliphatic carbocycles. The van der Waals surface area contributed by atoms with Crippen LogP contribution in [0.4, 0.5) is 13.2 Å². The van der Waals surface area contributed by atoms with Crippen molar-refractivity contribution in [2.24, 2.45) is 0 Å². The van der Waals surface area contributed by atoms with Gasteiger partial charge in [-0.25, -0.2) is 9.59 Å². The number of alkyl halides is 3. The number of hydrogen-bond acceptors (Lipinski definition) is 4. The van der Waals surface area contributed by atoms with E-state index < -0.39 is 29.6 Å². The van der Waals surface area contributed by atoms with E-state index >= 15 is 0 Å². The van der Waals surface area contributed by atoms with Gasteiger partial charge in [-0.05, 0) is 42.2 Å². The van der Waals surface area contributed by atoms with Gasteiger partial charge in [-0.15, -0.1) is 12.4 Å². The van der Waals surface area contributed by atoms with E-state index in [0.29, 0.717) is 24.5 Å². The lowest BCUT2D eigenvalue weighted by atomic mass is 9.79. The summed E-state index contributed by atoms with van der Waals surface area (Å²) in [6, 6.07) is 12.0. The summed E-state index contributed by atoms with van der Waals surface area (Å²) in [7, 11) is 1.62. The fourth-order valence-electron chi connectivity index (χ4n) is 4.90. The fraction of sp³-hybridized carbons (Fsp3) is 0.308. The van der Waals surface area contributed by atoms with Crippen LogP contribution in [0.3, 0.4) is 0 Å². The maximum absolute atomic E-state index is 13.1. The van der Waals surface area contributed by atoms with Gasteiger partial charge in [-0.3, -0.25) is 4.90 Å². The van der Waals surface area contributed by atoms with Crippen molar-refractivity contribution in [2.45, 2.75) is 32.0 Å². The second-order valence-electron chi connectivity index (χ2n) is 8.81. The number of halogens is 4. The SMILES string of the molecule is CC1=C(C(=O)O)C(c2ccc(C(F)(F)F)cc2)C(C(=O)O)=C(CN2CCc3ccccc3C2)N1C.Cl. The van der Waals surface area contributed by atoms with E-state index in [0.717, 1.165) is 36.2 Å². The molecule has 6 nitrogen and oxygen atoms in total. The molecule has 0 spiro atoms. The van der Waals surface area contributed by atoms with Crippen LogP contribution < -0.4 is 0 Å². The Hall–Kier alpha value is -3.30. The average Bonchev–Trinajstić information content (AvgIpc) is 2.80. The van der Waals surface area contributed by atoms with Gasteiger partial charge in [0.05, 0.1) is 22.6 Å². The quantitative estimate of drug-likeness (QED) is 0.581. The standard InChI is InChI=1S/C26H25F3N2O4.ClH/c1-15-21(24(32)33)22(17-7-9-19(10-8-17)26(27,28)29)23(25(34)35)20(30(15)2)14-31-12-11-16-5-3-4-6-18(16)13-31;/h3-10,22H,11-14H2,1-2H3,(H,32,33)(H,34,35);1H. The van der Waals surface area contributed by atoms with Crippen molar-refractivity contribution in [1.82, 2.24) is 9.80 Å². The maximum atomic E-state index is 13.1. The predicted molar refractivity (Wildman–Crippen MR) is 130 cm³/mol. The lowest BCUT2D eigenvalue weighted by Gasteiger charge is -2.39. The summed E-state index contributed by atoms with van der Waals surface area (Å²) in [6.07, 6.45) is -3.76. The van der Waals surface area contributed by atoms with E-state index in [-0.39, 0.29) is 35.7 Å². The van der Waals surface area contributed by atoms with Gasteiger partial charge in [0.2, 0.25) is 0 Å². The molecule has 0 saturated heterocycles. The predicted octanol–water partition coefficient (Wildman–Crippen LogP) is 4.91. The van der Waals surface area contributed by atoms with E-state index in [4.69, 9.17) is 0 Å². The normalized spacial score (nSPS) is 18.6. The number of nitrogens with zero attached hydrogens (tertiary/aromatic N) is 2. The smallest absolute Gasteiger partial charge is 0.416 e. The fourth-order valence-corrected chi connectivity index (χ4v) is 4.90. The Balaban J connectivity index is 0.00000361. The number of hydrogen-bond donors (Lipinski definition) is 2. The van der Waals surface area contributed by atoms with E-state index in [1.165, 1.54) is 5.56 Å². The average molecular weight is 523 g/mol. The Kier molecular flexibility index (Phi) is 7.85.